The topological polar surface area (TPSA) is 58.6 Å². The predicted molar refractivity (Wildman–Crippen MR) is 64.9 cm³/mol. The van der Waals surface area contributed by atoms with Gasteiger partial charge in [0.25, 0.3) is 0 Å². The fourth-order valence-corrected chi connectivity index (χ4v) is 2.07. The number of hydrogen-bond donors (Lipinski definition) is 2. The van der Waals surface area contributed by atoms with Gasteiger partial charge >= 0.3 is 0 Å². The molecule has 0 spiro atoms. The number of ether oxygens (including phenoxy) is 1. The lowest BCUT2D eigenvalue weighted by atomic mass is 9.77. The Bertz CT molecular complexity index is 390. The fourth-order valence-electron chi connectivity index (χ4n) is 2.07. The second-order valence-corrected chi connectivity index (χ2v) is 4.51. The van der Waals surface area contributed by atoms with Crippen LogP contribution in [0.2, 0.25) is 0 Å². The molecule has 0 saturated heterocycles. The standard InChI is InChI=1S/C13H17NO3/c1-17-13(7-2-8-13)9-12(16)14-10-3-5-11(15)6-4-10/h3-6,15H,2,7-9H2,1H3,(H,14,16). The Labute approximate surface area is 101 Å². The van der Waals surface area contributed by atoms with Crippen LogP contribution in [0.1, 0.15) is 25.7 Å². The summed E-state index contributed by atoms with van der Waals surface area (Å²) in [4.78, 5) is 11.8. The van der Waals surface area contributed by atoms with E-state index in [1.807, 2.05) is 0 Å². The van der Waals surface area contributed by atoms with Gasteiger partial charge in [-0.25, -0.2) is 0 Å². The Morgan fingerprint density at radius 2 is 2.06 bits per heavy atom. The molecule has 1 amide bonds. The lowest BCUT2D eigenvalue weighted by Gasteiger charge is -2.39. The minimum absolute atomic E-state index is 0.0442. The normalized spacial score (nSPS) is 17.2. The molecule has 0 atom stereocenters. The van der Waals surface area contributed by atoms with Crippen molar-refractivity contribution in [2.24, 2.45) is 0 Å². The summed E-state index contributed by atoms with van der Waals surface area (Å²) in [6.45, 7) is 0. The maximum absolute atomic E-state index is 11.8. The molecule has 0 bridgehead atoms. The highest BCUT2D eigenvalue weighted by Gasteiger charge is 2.38. The molecular weight excluding hydrogens is 218 g/mol. The first-order valence-electron chi connectivity index (χ1n) is 5.78. The molecule has 0 heterocycles. The molecule has 1 aromatic carbocycles. The van der Waals surface area contributed by atoms with Crippen LogP contribution in [-0.2, 0) is 9.53 Å². The number of benzene rings is 1. The third-order valence-electron chi connectivity index (χ3n) is 3.33. The van der Waals surface area contributed by atoms with Gasteiger partial charge in [-0.3, -0.25) is 4.79 Å². The summed E-state index contributed by atoms with van der Waals surface area (Å²) in [6.07, 6.45) is 3.42. The number of carbonyl (C=O) groups is 1. The van der Waals surface area contributed by atoms with Gasteiger partial charge in [0.2, 0.25) is 5.91 Å². The average Bonchev–Trinajstić information content (AvgIpc) is 2.27. The predicted octanol–water partition coefficient (Wildman–Crippen LogP) is 2.29. The van der Waals surface area contributed by atoms with Gasteiger partial charge in [0.15, 0.2) is 0 Å². The number of rotatable bonds is 4. The Morgan fingerprint density at radius 3 is 2.53 bits per heavy atom. The molecule has 1 saturated carbocycles. The summed E-state index contributed by atoms with van der Waals surface area (Å²) in [5.41, 5.74) is 0.444. The first-order chi connectivity index (χ1) is 8.13. The zero-order valence-corrected chi connectivity index (χ0v) is 9.90. The molecule has 0 unspecified atom stereocenters. The van der Waals surface area contributed by atoms with Gasteiger partial charge in [-0.1, -0.05) is 0 Å². The van der Waals surface area contributed by atoms with Crippen LogP contribution in [-0.4, -0.2) is 23.7 Å². The SMILES string of the molecule is COC1(CC(=O)Nc2ccc(O)cc2)CCC1. The smallest absolute Gasteiger partial charge is 0.227 e. The highest BCUT2D eigenvalue weighted by atomic mass is 16.5. The third kappa shape index (κ3) is 2.77. The van der Waals surface area contributed by atoms with Crippen LogP contribution in [0.3, 0.4) is 0 Å². The van der Waals surface area contributed by atoms with Crippen LogP contribution >= 0.6 is 0 Å². The molecule has 92 valence electrons. The molecule has 0 radical (unpaired) electrons. The van der Waals surface area contributed by atoms with Crippen molar-refractivity contribution in [3.05, 3.63) is 24.3 Å². The molecule has 0 aromatic heterocycles. The van der Waals surface area contributed by atoms with Crippen molar-refractivity contribution in [2.75, 3.05) is 12.4 Å². The van der Waals surface area contributed by atoms with Crippen molar-refractivity contribution < 1.29 is 14.6 Å². The van der Waals surface area contributed by atoms with E-state index in [0.29, 0.717) is 12.1 Å². The summed E-state index contributed by atoms with van der Waals surface area (Å²) in [7, 11) is 1.66. The number of methoxy groups -OCH3 is 1. The maximum Gasteiger partial charge on any atom is 0.227 e. The fraction of sp³-hybridized carbons (Fsp3) is 0.462. The minimum atomic E-state index is -0.249. The highest BCUT2D eigenvalue weighted by Crippen LogP contribution is 2.38. The van der Waals surface area contributed by atoms with E-state index in [1.54, 1.807) is 31.4 Å². The van der Waals surface area contributed by atoms with E-state index >= 15 is 0 Å². The summed E-state index contributed by atoms with van der Waals surface area (Å²) in [5.74, 6) is 0.146. The average molecular weight is 235 g/mol. The third-order valence-corrected chi connectivity index (χ3v) is 3.33. The van der Waals surface area contributed by atoms with Crippen LogP contribution in [0.5, 0.6) is 5.75 Å². The van der Waals surface area contributed by atoms with Gasteiger partial charge in [0.1, 0.15) is 5.75 Å². The van der Waals surface area contributed by atoms with Crippen molar-refractivity contribution in [2.45, 2.75) is 31.3 Å². The zero-order chi connectivity index (χ0) is 12.3. The lowest BCUT2D eigenvalue weighted by Crippen LogP contribution is -2.42. The molecule has 1 aliphatic rings. The van der Waals surface area contributed by atoms with E-state index in [-0.39, 0.29) is 17.3 Å². The molecule has 4 heteroatoms. The van der Waals surface area contributed by atoms with E-state index in [1.165, 1.54) is 0 Å². The molecule has 0 aliphatic heterocycles. The van der Waals surface area contributed by atoms with E-state index in [2.05, 4.69) is 5.32 Å². The largest absolute Gasteiger partial charge is 0.508 e. The van der Waals surface area contributed by atoms with Crippen molar-refractivity contribution in [3.63, 3.8) is 0 Å². The first kappa shape index (κ1) is 11.9. The zero-order valence-electron chi connectivity index (χ0n) is 9.90. The molecule has 17 heavy (non-hydrogen) atoms. The first-order valence-corrected chi connectivity index (χ1v) is 5.78. The molecule has 4 nitrogen and oxygen atoms in total. The number of carbonyl (C=O) groups excluding carboxylic acids is 1. The Balaban J connectivity index is 1.91. The Morgan fingerprint density at radius 1 is 1.41 bits per heavy atom. The number of amides is 1. The molecule has 2 N–H and O–H groups in total. The van der Waals surface area contributed by atoms with E-state index < -0.39 is 0 Å². The van der Waals surface area contributed by atoms with E-state index in [4.69, 9.17) is 9.84 Å². The van der Waals surface area contributed by atoms with E-state index in [9.17, 15) is 4.79 Å². The van der Waals surface area contributed by atoms with E-state index in [0.717, 1.165) is 19.3 Å². The van der Waals surface area contributed by atoms with Crippen molar-refractivity contribution in [1.29, 1.82) is 0 Å². The summed E-state index contributed by atoms with van der Waals surface area (Å²) in [6, 6.07) is 6.44. The Kier molecular flexibility index (Phi) is 3.33. The lowest BCUT2D eigenvalue weighted by molar-refractivity contribution is -0.129. The van der Waals surface area contributed by atoms with Crippen LogP contribution in [0.15, 0.2) is 24.3 Å². The molecule has 1 aromatic rings. The number of anilines is 1. The molecule has 2 rings (SSSR count). The minimum Gasteiger partial charge on any atom is -0.508 e. The van der Waals surface area contributed by atoms with Gasteiger partial charge in [-0.15, -0.1) is 0 Å². The van der Waals surface area contributed by atoms with Crippen molar-refractivity contribution in [1.82, 2.24) is 0 Å². The van der Waals surface area contributed by atoms with Gasteiger partial charge in [0.05, 0.1) is 12.0 Å². The summed E-state index contributed by atoms with van der Waals surface area (Å²) < 4.78 is 5.40. The van der Waals surface area contributed by atoms with Gasteiger partial charge in [-0.05, 0) is 43.5 Å². The number of phenols is 1. The quantitative estimate of drug-likeness (QED) is 0.787. The van der Waals surface area contributed by atoms with Crippen LogP contribution in [0.4, 0.5) is 5.69 Å². The molecule has 1 aliphatic carbocycles. The van der Waals surface area contributed by atoms with Crippen LogP contribution in [0.25, 0.3) is 0 Å². The van der Waals surface area contributed by atoms with Gasteiger partial charge in [-0.2, -0.15) is 0 Å². The summed E-state index contributed by atoms with van der Waals surface area (Å²) in [5, 5.41) is 11.9. The van der Waals surface area contributed by atoms with Crippen molar-refractivity contribution in [3.8, 4) is 5.75 Å². The van der Waals surface area contributed by atoms with Crippen LogP contribution < -0.4 is 5.32 Å². The number of aromatic hydroxyl groups is 1. The second-order valence-electron chi connectivity index (χ2n) is 4.51. The summed E-state index contributed by atoms with van der Waals surface area (Å²) >= 11 is 0. The number of phenolic OH excluding ortho intramolecular Hbond substituents is 1. The second kappa shape index (κ2) is 4.75. The monoisotopic (exact) mass is 235 g/mol. The Hall–Kier alpha value is -1.55. The van der Waals surface area contributed by atoms with Gasteiger partial charge in [0, 0.05) is 12.8 Å². The molecular formula is C13H17NO3. The van der Waals surface area contributed by atoms with Crippen LogP contribution in [0, 0.1) is 0 Å². The molecule has 1 fully saturated rings. The van der Waals surface area contributed by atoms with Crippen molar-refractivity contribution >= 4 is 11.6 Å². The maximum atomic E-state index is 11.8. The highest BCUT2D eigenvalue weighted by molar-refractivity contribution is 5.91. The number of hydrogen-bond acceptors (Lipinski definition) is 3. The van der Waals surface area contributed by atoms with Gasteiger partial charge < -0.3 is 15.2 Å². The number of nitrogens with one attached hydrogen (secondary N) is 1.